The standard InChI is InChI=1S/C17H22N2O2/c18-8-2-1-3-9-19-10-4-5-15(19)14-6-7-16-17(13-14)21-12-11-20-16/h6-7,13,15H,1-5,9-12H2/t15-/m0/s1. The molecule has 0 aliphatic carbocycles. The van der Waals surface area contributed by atoms with Gasteiger partial charge in [0.05, 0.1) is 6.07 Å². The average Bonchev–Trinajstić information content (AvgIpc) is 2.99. The Labute approximate surface area is 126 Å². The molecule has 112 valence electrons. The Bertz CT molecular complexity index is 524. The molecule has 0 aromatic heterocycles. The minimum atomic E-state index is 0.489. The summed E-state index contributed by atoms with van der Waals surface area (Å²) in [5, 5.41) is 8.61. The number of hydrogen-bond acceptors (Lipinski definition) is 4. The zero-order chi connectivity index (χ0) is 14.5. The number of fused-ring (bicyclic) bond motifs is 1. The molecular formula is C17H22N2O2. The predicted octanol–water partition coefficient (Wildman–Crippen LogP) is 3.29. The van der Waals surface area contributed by atoms with Gasteiger partial charge in [-0.1, -0.05) is 6.07 Å². The van der Waals surface area contributed by atoms with Crippen LogP contribution in [0.3, 0.4) is 0 Å². The highest BCUT2D eigenvalue weighted by atomic mass is 16.6. The van der Waals surface area contributed by atoms with Crippen molar-refractivity contribution in [1.82, 2.24) is 4.90 Å². The van der Waals surface area contributed by atoms with Gasteiger partial charge < -0.3 is 9.47 Å². The van der Waals surface area contributed by atoms with Gasteiger partial charge in [-0.25, -0.2) is 0 Å². The van der Waals surface area contributed by atoms with Crippen molar-refractivity contribution in [1.29, 1.82) is 5.26 Å². The average molecular weight is 286 g/mol. The van der Waals surface area contributed by atoms with Gasteiger partial charge in [0.15, 0.2) is 11.5 Å². The van der Waals surface area contributed by atoms with Gasteiger partial charge in [0.2, 0.25) is 0 Å². The molecule has 21 heavy (non-hydrogen) atoms. The maximum atomic E-state index is 8.61. The molecule has 2 aliphatic rings. The van der Waals surface area contributed by atoms with Crippen LogP contribution in [0.1, 0.15) is 43.7 Å². The third-order valence-corrected chi connectivity index (χ3v) is 4.30. The lowest BCUT2D eigenvalue weighted by Gasteiger charge is -2.26. The molecule has 1 saturated heterocycles. The molecular weight excluding hydrogens is 264 g/mol. The molecule has 0 bridgehead atoms. The van der Waals surface area contributed by atoms with E-state index in [4.69, 9.17) is 14.7 Å². The maximum absolute atomic E-state index is 8.61. The van der Waals surface area contributed by atoms with Gasteiger partial charge in [0, 0.05) is 12.5 Å². The van der Waals surface area contributed by atoms with E-state index in [0.717, 1.165) is 37.4 Å². The first-order valence-corrected chi connectivity index (χ1v) is 7.89. The smallest absolute Gasteiger partial charge is 0.161 e. The fourth-order valence-corrected chi connectivity index (χ4v) is 3.26. The number of nitrogens with zero attached hydrogens (tertiary/aromatic N) is 2. The van der Waals surface area contributed by atoms with Crippen LogP contribution in [0.5, 0.6) is 11.5 Å². The third-order valence-electron chi connectivity index (χ3n) is 4.30. The summed E-state index contributed by atoms with van der Waals surface area (Å²) in [5.74, 6) is 1.75. The lowest BCUT2D eigenvalue weighted by atomic mass is 10.0. The molecule has 0 N–H and O–H groups in total. The van der Waals surface area contributed by atoms with Crippen molar-refractivity contribution in [2.24, 2.45) is 0 Å². The molecule has 0 radical (unpaired) electrons. The normalized spacial score (nSPS) is 21.2. The first kappa shape index (κ1) is 14.2. The summed E-state index contributed by atoms with van der Waals surface area (Å²) in [6, 6.07) is 9.07. The van der Waals surface area contributed by atoms with Crippen LogP contribution in [0.2, 0.25) is 0 Å². The summed E-state index contributed by atoms with van der Waals surface area (Å²) in [6.45, 7) is 3.52. The van der Waals surface area contributed by atoms with Crippen LogP contribution in [0.25, 0.3) is 0 Å². The zero-order valence-electron chi connectivity index (χ0n) is 12.4. The second kappa shape index (κ2) is 6.82. The molecule has 2 heterocycles. The molecule has 4 heteroatoms. The van der Waals surface area contributed by atoms with Gasteiger partial charge in [0.25, 0.3) is 0 Å². The first-order valence-electron chi connectivity index (χ1n) is 7.89. The lowest BCUT2D eigenvalue weighted by Crippen LogP contribution is -2.24. The van der Waals surface area contributed by atoms with E-state index < -0.39 is 0 Å². The van der Waals surface area contributed by atoms with Crippen molar-refractivity contribution in [3.05, 3.63) is 23.8 Å². The van der Waals surface area contributed by atoms with E-state index >= 15 is 0 Å². The van der Waals surface area contributed by atoms with Crippen LogP contribution in [0.15, 0.2) is 18.2 Å². The van der Waals surface area contributed by atoms with Crippen LogP contribution in [-0.4, -0.2) is 31.2 Å². The number of ether oxygens (including phenoxy) is 2. The Kier molecular flexibility index (Phi) is 4.62. The van der Waals surface area contributed by atoms with E-state index in [2.05, 4.69) is 23.1 Å². The van der Waals surface area contributed by atoms with Crippen LogP contribution in [0, 0.1) is 11.3 Å². The third kappa shape index (κ3) is 3.30. The molecule has 1 aromatic rings. The second-order valence-electron chi connectivity index (χ2n) is 5.71. The number of benzene rings is 1. The minimum absolute atomic E-state index is 0.489. The Morgan fingerprint density at radius 2 is 2.05 bits per heavy atom. The maximum Gasteiger partial charge on any atom is 0.161 e. The lowest BCUT2D eigenvalue weighted by molar-refractivity contribution is 0.170. The Hall–Kier alpha value is -1.73. The van der Waals surface area contributed by atoms with Crippen molar-refractivity contribution in [3.63, 3.8) is 0 Å². The molecule has 0 spiro atoms. The van der Waals surface area contributed by atoms with E-state index in [1.807, 2.05) is 6.07 Å². The van der Waals surface area contributed by atoms with Gasteiger partial charge in [-0.05, 0) is 56.5 Å². The highest BCUT2D eigenvalue weighted by molar-refractivity contribution is 5.44. The van der Waals surface area contributed by atoms with Crippen LogP contribution < -0.4 is 9.47 Å². The molecule has 2 aliphatic heterocycles. The highest BCUT2D eigenvalue weighted by Gasteiger charge is 2.26. The molecule has 1 aromatic carbocycles. The van der Waals surface area contributed by atoms with Gasteiger partial charge in [-0.15, -0.1) is 0 Å². The SMILES string of the molecule is N#CCCCCN1CCC[C@H]1c1ccc2c(c1)OCCO2. The quantitative estimate of drug-likeness (QED) is 0.779. The highest BCUT2D eigenvalue weighted by Crippen LogP contribution is 2.38. The molecule has 0 saturated carbocycles. The summed E-state index contributed by atoms with van der Waals surface area (Å²) < 4.78 is 11.3. The molecule has 0 amide bonds. The minimum Gasteiger partial charge on any atom is -0.486 e. The summed E-state index contributed by atoms with van der Waals surface area (Å²) >= 11 is 0. The van der Waals surface area contributed by atoms with Crippen molar-refractivity contribution < 1.29 is 9.47 Å². The van der Waals surface area contributed by atoms with Crippen molar-refractivity contribution in [3.8, 4) is 17.6 Å². The van der Waals surface area contributed by atoms with Gasteiger partial charge in [-0.2, -0.15) is 5.26 Å². The van der Waals surface area contributed by atoms with Crippen LogP contribution >= 0.6 is 0 Å². The van der Waals surface area contributed by atoms with Crippen molar-refractivity contribution in [2.75, 3.05) is 26.3 Å². The summed E-state index contributed by atoms with van der Waals surface area (Å²) in [6.07, 6.45) is 5.23. The number of rotatable bonds is 5. The van der Waals surface area contributed by atoms with E-state index in [9.17, 15) is 0 Å². The second-order valence-corrected chi connectivity index (χ2v) is 5.71. The largest absolute Gasteiger partial charge is 0.486 e. The molecule has 0 unspecified atom stereocenters. The van der Waals surface area contributed by atoms with Gasteiger partial charge >= 0.3 is 0 Å². The number of likely N-dealkylation sites (tertiary alicyclic amines) is 1. The van der Waals surface area contributed by atoms with E-state index in [0.29, 0.717) is 25.7 Å². The van der Waals surface area contributed by atoms with Crippen molar-refractivity contribution in [2.45, 2.75) is 38.1 Å². The van der Waals surface area contributed by atoms with Gasteiger partial charge in [0.1, 0.15) is 13.2 Å². The molecule has 3 rings (SSSR count). The number of nitriles is 1. The van der Waals surface area contributed by atoms with Crippen LogP contribution in [0.4, 0.5) is 0 Å². The van der Waals surface area contributed by atoms with Gasteiger partial charge in [-0.3, -0.25) is 4.90 Å². The van der Waals surface area contributed by atoms with E-state index in [1.54, 1.807) is 0 Å². The summed E-state index contributed by atoms with van der Waals surface area (Å²) in [4.78, 5) is 2.54. The first-order chi connectivity index (χ1) is 10.4. The fourth-order valence-electron chi connectivity index (χ4n) is 3.26. The fraction of sp³-hybridized carbons (Fsp3) is 0.588. The predicted molar refractivity (Wildman–Crippen MR) is 80.4 cm³/mol. The number of unbranched alkanes of at least 4 members (excludes halogenated alkanes) is 2. The van der Waals surface area contributed by atoms with E-state index in [-0.39, 0.29) is 0 Å². The number of hydrogen-bond donors (Lipinski definition) is 0. The Morgan fingerprint density at radius 3 is 2.90 bits per heavy atom. The zero-order valence-corrected chi connectivity index (χ0v) is 12.4. The Morgan fingerprint density at radius 1 is 1.19 bits per heavy atom. The Balaban J connectivity index is 1.66. The monoisotopic (exact) mass is 286 g/mol. The summed E-state index contributed by atoms with van der Waals surface area (Å²) in [7, 11) is 0. The van der Waals surface area contributed by atoms with Crippen LogP contribution in [-0.2, 0) is 0 Å². The summed E-state index contributed by atoms with van der Waals surface area (Å²) in [5.41, 5.74) is 1.33. The molecule has 1 fully saturated rings. The van der Waals surface area contributed by atoms with Crippen molar-refractivity contribution >= 4 is 0 Å². The van der Waals surface area contributed by atoms with E-state index in [1.165, 1.54) is 18.4 Å². The molecule has 4 nitrogen and oxygen atoms in total. The topological polar surface area (TPSA) is 45.5 Å². The molecule has 1 atom stereocenters.